The standard InChI is InChI=1S/C14H14Cl3NS/c1-8(18-9(2)12-4-3-7-19-12)10-5-6-11(15)14(17)13(10)16/h3-9,18H,1-2H3/t8?,9-/m1/s1. The van der Waals surface area contributed by atoms with Gasteiger partial charge in [0.1, 0.15) is 0 Å². The van der Waals surface area contributed by atoms with E-state index in [1.807, 2.05) is 6.07 Å². The van der Waals surface area contributed by atoms with E-state index >= 15 is 0 Å². The van der Waals surface area contributed by atoms with E-state index in [0.29, 0.717) is 15.1 Å². The molecule has 5 heteroatoms. The number of rotatable bonds is 4. The number of benzene rings is 1. The predicted octanol–water partition coefficient (Wildman–Crippen LogP) is 6.12. The van der Waals surface area contributed by atoms with E-state index < -0.39 is 0 Å². The van der Waals surface area contributed by atoms with E-state index in [-0.39, 0.29) is 12.1 Å². The van der Waals surface area contributed by atoms with Gasteiger partial charge in [0, 0.05) is 17.0 Å². The molecule has 0 bridgehead atoms. The fraction of sp³-hybridized carbons (Fsp3) is 0.286. The Labute approximate surface area is 132 Å². The van der Waals surface area contributed by atoms with Gasteiger partial charge in [-0.15, -0.1) is 11.3 Å². The Hall–Kier alpha value is -0.250. The smallest absolute Gasteiger partial charge is 0.0781 e. The second-order valence-corrected chi connectivity index (χ2v) is 6.53. The Morgan fingerprint density at radius 1 is 1.00 bits per heavy atom. The zero-order valence-electron chi connectivity index (χ0n) is 10.6. The van der Waals surface area contributed by atoms with Gasteiger partial charge in [-0.3, -0.25) is 0 Å². The van der Waals surface area contributed by atoms with Gasteiger partial charge < -0.3 is 5.32 Å². The van der Waals surface area contributed by atoms with Crippen LogP contribution in [0.3, 0.4) is 0 Å². The quantitative estimate of drug-likeness (QED) is 0.664. The maximum atomic E-state index is 6.25. The number of nitrogens with one attached hydrogen (secondary N) is 1. The van der Waals surface area contributed by atoms with E-state index in [4.69, 9.17) is 34.8 Å². The molecule has 1 aromatic heterocycles. The molecule has 0 fully saturated rings. The second kappa shape index (κ2) is 6.47. The molecule has 0 aliphatic rings. The van der Waals surface area contributed by atoms with Gasteiger partial charge in [-0.1, -0.05) is 46.9 Å². The molecule has 102 valence electrons. The summed E-state index contributed by atoms with van der Waals surface area (Å²) in [6.07, 6.45) is 0. The molecule has 1 aromatic carbocycles. The van der Waals surface area contributed by atoms with Gasteiger partial charge in [0.2, 0.25) is 0 Å². The van der Waals surface area contributed by atoms with Gasteiger partial charge in [0.15, 0.2) is 0 Å². The Kier molecular flexibility index (Phi) is 5.15. The van der Waals surface area contributed by atoms with Crippen molar-refractivity contribution in [2.75, 3.05) is 0 Å². The lowest BCUT2D eigenvalue weighted by atomic mass is 10.1. The lowest BCUT2D eigenvalue weighted by molar-refractivity contribution is 0.500. The molecule has 0 spiro atoms. The maximum absolute atomic E-state index is 6.25. The molecular formula is C14H14Cl3NS. The maximum Gasteiger partial charge on any atom is 0.0781 e. The highest BCUT2D eigenvalue weighted by Gasteiger charge is 2.17. The fourth-order valence-corrected chi connectivity index (χ4v) is 3.41. The minimum Gasteiger partial charge on any atom is -0.303 e. The normalized spacial score (nSPS) is 14.4. The average molecular weight is 335 g/mol. The highest BCUT2D eigenvalue weighted by molar-refractivity contribution is 7.10. The summed E-state index contributed by atoms with van der Waals surface area (Å²) < 4.78 is 0. The molecule has 0 aliphatic heterocycles. The van der Waals surface area contributed by atoms with Gasteiger partial charge in [0.25, 0.3) is 0 Å². The van der Waals surface area contributed by atoms with E-state index in [2.05, 4.69) is 36.7 Å². The summed E-state index contributed by atoms with van der Waals surface area (Å²) in [7, 11) is 0. The van der Waals surface area contributed by atoms with Gasteiger partial charge in [-0.25, -0.2) is 0 Å². The van der Waals surface area contributed by atoms with Gasteiger partial charge in [-0.05, 0) is 36.9 Å². The summed E-state index contributed by atoms with van der Waals surface area (Å²) in [6.45, 7) is 4.20. The van der Waals surface area contributed by atoms with Crippen molar-refractivity contribution in [2.24, 2.45) is 0 Å². The molecule has 0 amide bonds. The third-order valence-electron chi connectivity index (χ3n) is 3.00. The Bertz CT molecular complexity index is 554. The summed E-state index contributed by atoms with van der Waals surface area (Å²) in [4.78, 5) is 1.29. The largest absolute Gasteiger partial charge is 0.303 e. The van der Waals surface area contributed by atoms with Crippen LogP contribution in [0.15, 0.2) is 29.6 Å². The zero-order chi connectivity index (χ0) is 14.0. The van der Waals surface area contributed by atoms with Crippen molar-refractivity contribution in [3.63, 3.8) is 0 Å². The van der Waals surface area contributed by atoms with Crippen molar-refractivity contribution in [1.82, 2.24) is 5.32 Å². The molecule has 0 saturated heterocycles. The Balaban J connectivity index is 2.16. The molecule has 2 rings (SSSR count). The molecule has 1 heterocycles. The third-order valence-corrected chi connectivity index (χ3v) is 5.36. The fourth-order valence-electron chi connectivity index (χ4n) is 1.96. The van der Waals surface area contributed by atoms with Crippen molar-refractivity contribution >= 4 is 46.1 Å². The van der Waals surface area contributed by atoms with Crippen LogP contribution < -0.4 is 5.32 Å². The van der Waals surface area contributed by atoms with Crippen LogP contribution in [0, 0.1) is 0 Å². The Morgan fingerprint density at radius 2 is 1.74 bits per heavy atom. The topological polar surface area (TPSA) is 12.0 Å². The van der Waals surface area contributed by atoms with Crippen molar-refractivity contribution < 1.29 is 0 Å². The van der Waals surface area contributed by atoms with Crippen LogP contribution in [0.5, 0.6) is 0 Å². The van der Waals surface area contributed by atoms with Crippen LogP contribution in [0.4, 0.5) is 0 Å². The third kappa shape index (κ3) is 3.45. The van der Waals surface area contributed by atoms with E-state index in [9.17, 15) is 0 Å². The molecule has 1 unspecified atom stereocenters. The van der Waals surface area contributed by atoms with Crippen molar-refractivity contribution in [2.45, 2.75) is 25.9 Å². The zero-order valence-corrected chi connectivity index (χ0v) is 13.7. The average Bonchev–Trinajstić information content (AvgIpc) is 2.89. The van der Waals surface area contributed by atoms with Gasteiger partial charge in [-0.2, -0.15) is 0 Å². The first-order chi connectivity index (χ1) is 9.00. The molecule has 2 atom stereocenters. The van der Waals surface area contributed by atoms with Crippen molar-refractivity contribution in [3.8, 4) is 0 Å². The summed E-state index contributed by atoms with van der Waals surface area (Å²) in [5, 5.41) is 7.00. The number of halogens is 3. The van der Waals surface area contributed by atoms with E-state index in [1.54, 1.807) is 17.4 Å². The minimum atomic E-state index is 0.0966. The van der Waals surface area contributed by atoms with Gasteiger partial charge in [0.05, 0.1) is 15.1 Å². The molecular weight excluding hydrogens is 321 g/mol. The molecule has 1 nitrogen and oxygen atoms in total. The second-order valence-electron chi connectivity index (χ2n) is 4.39. The number of hydrogen-bond acceptors (Lipinski definition) is 2. The van der Waals surface area contributed by atoms with Gasteiger partial charge >= 0.3 is 0 Å². The monoisotopic (exact) mass is 333 g/mol. The number of hydrogen-bond donors (Lipinski definition) is 1. The molecule has 2 aromatic rings. The predicted molar refractivity (Wildman–Crippen MR) is 85.8 cm³/mol. The highest BCUT2D eigenvalue weighted by Crippen LogP contribution is 2.36. The first-order valence-electron chi connectivity index (χ1n) is 5.93. The van der Waals surface area contributed by atoms with Crippen LogP contribution in [-0.4, -0.2) is 0 Å². The van der Waals surface area contributed by atoms with Crippen molar-refractivity contribution in [1.29, 1.82) is 0 Å². The van der Waals surface area contributed by atoms with Crippen LogP contribution in [-0.2, 0) is 0 Å². The lowest BCUT2D eigenvalue weighted by Crippen LogP contribution is -2.22. The van der Waals surface area contributed by atoms with Crippen LogP contribution in [0.25, 0.3) is 0 Å². The van der Waals surface area contributed by atoms with Crippen LogP contribution in [0.2, 0.25) is 15.1 Å². The van der Waals surface area contributed by atoms with E-state index in [1.165, 1.54) is 4.88 Å². The first kappa shape index (κ1) is 15.1. The molecule has 19 heavy (non-hydrogen) atoms. The summed E-state index contributed by atoms with van der Waals surface area (Å²) >= 11 is 20.0. The molecule has 0 saturated carbocycles. The highest BCUT2D eigenvalue weighted by atomic mass is 35.5. The minimum absolute atomic E-state index is 0.0966. The van der Waals surface area contributed by atoms with Crippen LogP contribution in [0.1, 0.15) is 36.4 Å². The van der Waals surface area contributed by atoms with Crippen molar-refractivity contribution in [3.05, 3.63) is 55.2 Å². The summed E-state index contributed by atoms with van der Waals surface area (Å²) in [5.41, 5.74) is 0.958. The van der Waals surface area contributed by atoms with Crippen LogP contribution >= 0.6 is 46.1 Å². The van der Waals surface area contributed by atoms with E-state index in [0.717, 1.165) is 5.56 Å². The SMILES string of the molecule is CC(N[C@H](C)c1cccs1)c1ccc(Cl)c(Cl)c1Cl. The first-order valence-corrected chi connectivity index (χ1v) is 7.95. The lowest BCUT2D eigenvalue weighted by Gasteiger charge is -2.21. The summed E-state index contributed by atoms with van der Waals surface area (Å²) in [6, 6.07) is 8.22. The summed E-state index contributed by atoms with van der Waals surface area (Å²) in [5.74, 6) is 0. The molecule has 0 radical (unpaired) electrons. The number of thiophene rings is 1. The Morgan fingerprint density at radius 3 is 2.37 bits per heavy atom. The molecule has 0 aliphatic carbocycles. The molecule has 1 N–H and O–H groups in total.